The Balaban J connectivity index is 2.98. The number of aromatic nitrogens is 2. The van der Waals surface area contributed by atoms with Crippen LogP contribution in [0.25, 0.3) is 0 Å². The van der Waals surface area contributed by atoms with E-state index in [0.717, 1.165) is 13.7 Å². The molecule has 0 aromatic carbocycles. The van der Waals surface area contributed by atoms with E-state index in [1.807, 2.05) is 0 Å². The van der Waals surface area contributed by atoms with Crippen LogP contribution in [-0.2, 0) is 6.54 Å². The maximum atomic E-state index is 5.38. The summed E-state index contributed by atoms with van der Waals surface area (Å²) in [5, 5.41) is 4.16. The maximum Gasteiger partial charge on any atom is 0.143 e. The lowest BCUT2D eigenvalue weighted by molar-refractivity contribution is 0.609. The zero-order chi connectivity index (χ0) is 8.43. The van der Waals surface area contributed by atoms with Crippen molar-refractivity contribution in [3.8, 4) is 0 Å². The van der Waals surface area contributed by atoms with E-state index in [2.05, 4.69) is 52.9 Å². The molecule has 1 heterocycles. The first kappa shape index (κ1) is 9.70. The van der Waals surface area contributed by atoms with Gasteiger partial charge in [0, 0.05) is 6.54 Å². The van der Waals surface area contributed by atoms with Crippen LogP contribution in [0.5, 0.6) is 0 Å². The van der Waals surface area contributed by atoms with Crippen LogP contribution < -0.4 is 5.73 Å². The molecule has 0 saturated heterocycles. The Kier molecular flexibility index (Phi) is 3.54. The van der Waals surface area contributed by atoms with E-state index >= 15 is 0 Å². The fourth-order valence-corrected chi connectivity index (χ4v) is 2.04. The van der Waals surface area contributed by atoms with Crippen molar-refractivity contribution in [1.82, 2.24) is 9.78 Å². The molecular formula is C5H6Br3N3. The summed E-state index contributed by atoms with van der Waals surface area (Å²) in [5.41, 5.74) is 5.38. The Morgan fingerprint density at radius 1 is 1.36 bits per heavy atom. The van der Waals surface area contributed by atoms with Crippen LogP contribution in [0.15, 0.2) is 13.7 Å². The lowest BCUT2D eigenvalue weighted by Crippen LogP contribution is -2.11. The minimum atomic E-state index is 0.582. The number of rotatable bonds is 2. The van der Waals surface area contributed by atoms with E-state index in [4.69, 9.17) is 5.73 Å². The molecule has 1 aromatic rings. The molecule has 0 bridgehead atoms. The molecule has 0 radical (unpaired) electrons. The lowest BCUT2D eigenvalue weighted by Gasteiger charge is -1.97. The molecule has 0 aliphatic heterocycles. The molecule has 1 aromatic heterocycles. The highest BCUT2D eigenvalue weighted by Crippen LogP contribution is 2.29. The van der Waals surface area contributed by atoms with Crippen molar-refractivity contribution in [2.24, 2.45) is 5.73 Å². The van der Waals surface area contributed by atoms with Gasteiger partial charge < -0.3 is 5.73 Å². The van der Waals surface area contributed by atoms with Gasteiger partial charge in [-0.1, -0.05) is 0 Å². The number of nitrogens with two attached hydrogens (primary N) is 1. The second-order valence-corrected chi connectivity index (χ2v) is 4.20. The standard InChI is InChI=1S/C5H6Br3N3/c6-3-4(7)10-11(2-1-9)5(3)8/h1-2,9H2. The van der Waals surface area contributed by atoms with Crippen molar-refractivity contribution in [3.05, 3.63) is 13.7 Å². The van der Waals surface area contributed by atoms with Crippen molar-refractivity contribution in [1.29, 1.82) is 0 Å². The molecule has 0 atom stereocenters. The van der Waals surface area contributed by atoms with Gasteiger partial charge in [0.2, 0.25) is 0 Å². The third-order valence-electron chi connectivity index (χ3n) is 1.14. The first-order valence-corrected chi connectivity index (χ1v) is 5.32. The molecule has 0 unspecified atom stereocenters. The maximum absolute atomic E-state index is 5.38. The first-order valence-electron chi connectivity index (χ1n) is 2.94. The molecule has 2 N–H and O–H groups in total. The van der Waals surface area contributed by atoms with Gasteiger partial charge in [0.25, 0.3) is 0 Å². The van der Waals surface area contributed by atoms with Crippen LogP contribution in [0.1, 0.15) is 0 Å². The van der Waals surface area contributed by atoms with Crippen LogP contribution in [0.3, 0.4) is 0 Å². The van der Waals surface area contributed by atoms with E-state index < -0.39 is 0 Å². The summed E-state index contributed by atoms with van der Waals surface area (Å²) >= 11 is 10.0. The van der Waals surface area contributed by atoms with E-state index in [1.54, 1.807) is 4.68 Å². The summed E-state index contributed by atoms with van der Waals surface area (Å²) in [7, 11) is 0. The summed E-state index contributed by atoms with van der Waals surface area (Å²) in [6, 6.07) is 0. The molecule has 3 nitrogen and oxygen atoms in total. The highest BCUT2D eigenvalue weighted by molar-refractivity contribution is 9.14. The van der Waals surface area contributed by atoms with Crippen molar-refractivity contribution in [2.75, 3.05) is 6.54 Å². The van der Waals surface area contributed by atoms with Crippen molar-refractivity contribution in [3.63, 3.8) is 0 Å². The summed E-state index contributed by atoms with van der Waals surface area (Å²) in [4.78, 5) is 0. The second-order valence-electron chi connectivity index (χ2n) is 1.91. The van der Waals surface area contributed by atoms with Crippen LogP contribution in [-0.4, -0.2) is 16.3 Å². The molecule has 0 spiro atoms. The van der Waals surface area contributed by atoms with Gasteiger partial charge in [-0.3, -0.25) is 4.68 Å². The number of hydrogen-bond donors (Lipinski definition) is 1. The molecule has 0 fully saturated rings. The zero-order valence-electron chi connectivity index (χ0n) is 5.52. The first-order chi connectivity index (χ1) is 5.16. The normalized spacial score (nSPS) is 10.5. The highest BCUT2D eigenvalue weighted by Gasteiger charge is 2.09. The fourth-order valence-electron chi connectivity index (χ4n) is 0.663. The summed E-state index contributed by atoms with van der Waals surface area (Å²) in [5.74, 6) is 0. The van der Waals surface area contributed by atoms with E-state index in [1.165, 1.54) is 0 Å². The molecular weight excluding hydrogens is 342 g/mol. The van der Waals surface area contributed by atoms with Crippen molar-refractivity contribution >= 4 is 47.8 Å². The predicted molar refractivity (Wildman–Crippen MR) is 54.4 cm³/mol. The second kappa shape index (κ2) is 4.02. The van der Waals surface area contributed by atoms with Gasteiger partial charge in [-0.25, -0.2) is 0 Å². The third kappa shape index (κ3) is 2.05. The quantitative estimate of drug-likeness (QED) is 0.890. The SMILES string of the molecule is NCCn1nc(Br)c(Br)c1Br. The largest absolute Gasteiger partial charge is 0.329 e. The van der Waals surface area contributed by atoms with Crippen molar-refractivity contribution < 1.29 is 0 Å². The van der Waals surface area contributed by atoms with Gasteiger partial charge >= 0.3 is 0 Å². The van der Waals surface area contributed by atoms with Gasteiger partial charge in [0.1, 0.15) is 9.21 Å². The smallest absolute Gasteiger partial charge is 0.143 e. The van der Waals surface area contributed by atoms with Gasteiger partial charge in [0.05, 0.1) is 11.0 Å². The van der Waals surface area contributed by atoms with Crippen LogP contribution in [0, 0.1) is 0 Å². The molecule has 0 saturated carbocycles. The lowest BCUT2D eigenvalue weighted by atomic mass is 10.6. The molecule has 0 aliphatic rings. The molecule has 6 heteroatoms. The fraction of sp³-hybridized carbons (Fsp3) is 0.400. The summed E-state index contributed by atoms with van der Waals surface area (Å²) < 4.78 is 4.41. The Labute approximate surface area is 89.7 Å². The van der Waals surface area contributed by atoms with Gasteiger partial charge in [0.15, 0.2) is 0 Å². The minimum absolute atomic E-state index is 0.582. The van der Waals surface area contributed by atoms with E-state index in [0.29, 0.717) is 13.1 Å². The van der Waals surface area contributed by atoms with E-state index in [9.17, 15) is 0 Å². The van der Waals surface area contributed by atoms with Crippen LogP contribution in [0.2, 0.25) is 0 Å². The number of halogens is 3. The Bertz CT molecular complexity index is 258. The molecule has 62 valence electrons. The monoisotopic (exact) mass is 345 g/mol. The Hall–Kier alpha value is 0.610. The average Bonchev–Trinajstić information content (AvgIpc) is 2.19. The zero-order valence-corrected chi connectivity index (χ0v) is 10.3. The Morgan fingerprint density at radius 3 is 2.36 bits per heavy atom. The summed E-state index contributed by atoms with van der Waals surface area (Å²) in [6.45, 7) is 1.30. The third-order valence-corrected chi connectivity index (χ3v) is 4.31. The van der Waals surface area contributed by atoms with E-state index in [-0.39, 0.29) is 0 Å². The number of nitrogens with zero attached hydrogens (tertiary/aromatic N) is 2. The van der Waals surface area contributed by atoms with Gasteiger partial charge in [-0.05, 0) is 47.8 Å². The highest BCUT2D eigenvalue weighted by atomic mass is 79.9. The Morgan fingerprint density at radius 2 is 2.00 bits per heavy atom. The average molecular weight is 348 g/mol. The molecule has 11 heavy (non-hydrogen) atoms. The molecule has 1 rings (SSSR count). The summed E-state index contributed by atoms with van der Waals surface area (Å²) in [6.07, 6.45) is 0. The predicted octanol–water partition coefficient (Wildman–Crippen LogP) is 2.13. The van der Waals surface area contributed by atoms with Gasteiger partial charge in [-0.2, -0.15) is 5.10 Å². The van der Waals surface area contributed by atoms with Crippen LogP contribution in [0.4, 0.5) is 0 Å². The molecule has 0 aliphatic carbocycles. The topological polar surface area (TPSA) is 43.8 Å². The molecule has 0 amide bonds. The minimum Gasteiger partial charge on any atom is -0.329 e. The van der Waals surface area contributed by atoms with Crippen molar-refractivity contribution in [2.45, 2.75) is 6.54 Å². The van der Waals surface area contributed by atoms with Crippen LogP contribution >= 0.6 is 47.8 Å². The number of hydrogen-bond acceptors (Lipinski definition) is 2. The van der Waals surface area contributed by atoms with Gasteiger partial charge in [-0.15, -0.1) is 0 Å².